The smallest absolute Gasteiger partial charge is 0.228 e. The lowest BCUT2D eigenvalue weighted by Gasteiger charge is -2.26. The Kier molecular flexibility index (Phi) is 7.49. The van der Waals surface area contributed by atoms with Crippen LogP contribution in [0.5, 0.6) is 5.75 Å². The van der Waals surface area contributed by atoms with Crippen LogP contribution in [0.15, 0.2) is 36.4 Å². The standard InChI is InChI=1S/C14H19FO.C7H5F3/c1-11-2-4-12(5-3-11)13-6-8-14(9-7-13)16-10-15;1-4-2-3-5(8)7(10)6(4)9/h6-9,11-12H,2-5,10H2,1H3;2-3H,1H3. The lowest BCUT2D eigenvalue weighted by molar-refractivity contribution is 0.191. The van der Waals surface area contributed by atoms with Gasteiger partial charge in [0.25, 0.3) is 0 Å². The van der Waals surface area contributed by atoms with Gasteiger partial charge in [0.15, 0.2) is 17.5 Å². The molecule has 0 aliphatic heterocycles. The van der Waals surface area contributed by atoms with Gasteiger partial charge in [-0.2, -0.15) is 0 Å². The van der Waals surface area contributed by atoms with Gasteiger partial charge in [-0.25, -0.2) is 17.6 Å². The first-order valence-electron chi connectivity index (χ1n) is 8.81. The number of hydrogen-bond acceptors (Lipinski definition) is 1. The maximum absolute atomic E-state index is 12.4. The van der Waals surface area contributed by atoms with E-state index in [9.17, 15) is 17.6 Å². The molecule has 5 heteroatoms. The number of ether oxygens (including phenoxy) is 1. The van der Waals surface area contributed by atoms with Crippen LogP contribution in [0, 0.1) is 30.3 Å². The summed E-state index contributed by atoms with van der Waals surface area (Å²) < 4.78 is 53.5. The van der Waals surface area contributed by atoms with E-state index in [1.54, 1.807) is 0 Å². The molecule has 1 aliphatic carbocycles. The van der Waals surface area contributed by atoms with E-state index in [0.717, 1.165) is 12.0 Å². The Bertz CT molecular complexity index is 665. The molecule has 0 saturated heterocycles. The number of benzene rings is 2. The van der Waals surface area contributed by atoms with Crippen molar-refractivity contribution in [3.8, 4) is 5.75 Å². The quantitative estimate of drug-likeness (QED) is 0.433. The molecular formula is C21H24F4O. The molecule has 1 saturated carbocycles. The Hall–Kier alpha value is -2.04. The summed E-state index contributed by atoms with van der Waals surface area (Å²) in [4.78, 5) is 0. The van der Waals surface area contributed by atoms with Crippen LogP contribution in [0.4, 0.5) is 17.6 Å². The van der Waals surface area contributed by atoms with Crippen molar-refractivity contribution in [3.05, 3.63) is 65.0 Å². The largest absolute Gasteiger partial charge is 0.463 e. The van der Waals surface area contributed by atoms with Gasteiger partial charge in [0.1, 0.15) is 5.75 Å². The molecule has 2 aromatic carbocycles. The van der Waals surface area contributed by atoms with E-state index >= 15 is 0 Å². The van der Waals surface area contributed by atoms with Crippen LogP contribution in [-0.4, -0.2) is 6.86 Å². The minimum atomic E-state index is -1.40. The summed E-state index contributed by atoms with van der Waals surface area (Å²) >= 11 is 0. The van der Waals surface area contributed by atoms with Crippen molar-refractivity contribution >= 4 is 0 Å². The van der Waals surface area contributed by atoms with Crippen molar-refractivity contribution in [2.24, 2.45) is 5.92 Å². The zero-order chi connectivity index (χ0) is 19.1. The molecular weight excluding hydrogens is 344 g/mol. The van der Waals surface area contributed by atoms with Crippen molar-refractivity contribution in [1.82, 2.24) is 0 Å². The molecule has 1 fully saturated rings. The SMILES string of the molecule is CC1CCC(c2ccc(OCF)cc2)CC1.Cc1ccc(F)c(F)c1F. The number of rotatable bonds is 3. The Morgan fingerprint density at radius 1 is 0.885 bits per heavy atom. The van der Waals surface area contributed by atoms with Gasteiger partial charge in [-0.1, -0.05) is 38.0 Å². The van der Waals surface area contributed by atoms with E-state index < -0.39 is 24.3 Å². The molecule has 0 aromatic heterocycles. The van der Waals surface area contributed by atoms with Crippen molar-refractivity contribution in [3.63, 3.8) is 0 Å². The van der Waals surface area contributed by atoms with Gasteiger partial charge in [-0.15, -0.1) is 0 Å². The maximum Gasteiger partial charge on any atom is 0.228 e. The zero-order valence-corrected chi connectivity index (χ0v) is 15.1. The van der Waals surface area contributed by atoms with Crippen LogP contribution in [0.3, 0.4) is 0 Å². The third kappa shape index (κ3) is 5.48. The fourth-order valence-corrected chi connectivity index (χ4v) is 3.12. The summed E-state index contributed by atoms with van der Waals surface area (Å²) in [6.07, 6.45) is 5.22. The Balaban J connectivity index is 0.000000209. The van der Waals surface area contributed by atoms with Crippen molar-refractivity contribution in [2.75, 3.05) is 6.86 Å². The summed E-state index contributed by atoms with van der Waals surface area (Å²) in [6, 6.07) is 9.97. The van der Waals surface area contributed by atoms with E-state index in [0.29, 0.717) is 11.7 Å². The second kappa shape index (κ2) is 9.60. The molecule has 0 radical (unpaired) electrons. The summed E-state index contributed by atoms with van der Waals surface area (Å²) in [5.74, 6) is -1.47. The number of alkyl halides is 1. The Morgan fingerprint density at radius 2 is 1.50 bits per heavy atom. The first-order valence-corrected chi connectivity index (χ1v) is 8.81. The van der Waals surface area contributed by atoms with Crippen LogP contribution >= 0.6 is 0 Å². The summed E-state index contributed by atoms with van der Waals surface area (Å²) in [7, 11) is 0. The van der Waals surface area contributed by atoms with E-state index in [4.69, 9.17) is 4.74 Å². The first kappa shape index (κ1) is 20.3. The molecule has 142 valence electrons. The molecule has 0 amide bonds. The molecule has 0 heterocycles. The average molecular weight is 368 g/mol. The van der Waals surface area contributed by atoms with Crippen molar-refractivity contribution in [2.45, 2.75) is 45.4 Å². The van der Waals surface area contributed by atoms with Crippen LogP contribution in [-0.2, 0) is 0 Å². The average Bonchev–Trinajstić information content (AvgIpc) is 2.65. The molecule has 0 unspecified atom stereocenters. The lowest BCUT2D eigenvalue weighted by Crippen LogP contribution is -2.10. The van der Waals surface area contributed by atoms with Gasteiger partial charge in [-0.05, 0) is 60.9 Å². The highest BCUT2D eigenvalue weighted by molar-refractivity contribution is 5.29. The third-order valence-electron chi connectivity index (χ3n) is 4.82. The lowest BCUT2D eigenvalue weighted by atomic mass is 9.79. The van der Waals surface area contributed by atoms with Gasteiger partial charge in [0, 0.05) is 0 Å². The van der Waals surface area contributed by atoms with Gasteiger partial charge < -0.3 is 4.74 Å². The Morgan fingerprint density at radius 3 is 2.04 bits per heavy atom. The second-order valence-electron chi connectivity index (χ2n) is 6.77. The monoisotopic (exact) mass is 368 g/mol. The van der Waals surface area contributed by atoms with E-state index in [-0.39, 0.29) is 5.56 Å². The molecule has 0 bridgehead atoms. The predicted octanol–water partition coefficient (Wildman–Crippen LogP) is 6.70. The van der Waals surface area contributed by atoms with E-state index in [2.05, 4.69) is 19.1 Å². The first-order chi connectivity index (χ1) is 12.4. The van der Waals surface area contributed by atoms with Gasteiger partial charge in [-0.3, -0.25) is 0 Å². The van der Waals surface area contributed by atoms with Crippen LogP contribution < -0.4 is 4.74 Å². The molecule has 1 nitrogen and oxygen atoms in total. The summed E-state index contributed by atoms with van der Waals surface area (Å²) in [6.45, 7) is 2.95. The minimum absolute atomic E-state index is 0.110. The fraction of sp³-hybridized carbons (Fsp3) is 0.429. The molecule has 2 aromatic rings. The molecule has 1 aliphatic rings. The van der Waals surface area contributed by atoms with E-state index in [1.165, 1.54) is 44.2 Å². The number of halogens is 4. The minimum Gasteiger partial charge on any atom is -0.463 e. The second-order valence-corrected chi connectivity index (χ2v) is 6.77. The number of hydrogen-bond donors (Lipinski definition) is 0. The summed E-state index contributed by atoms with van der Waals surface area (Å²) in [5, 5.41) is 0. The molecule has 3 rings (SSSR count). The zero-order valence-electron chi connectivity index (χ0n) is 15.1. The fourth-order valence-electron chi connectivity index (χ4n) is 3.12. The maximum atomic E-state index is 12.4. The molecule has 0 atom stereocenters. The van der Waals surface area contributed by atoms with Crippen molar-refractivity contribution < 1.29 is 22.3 Å². The summed E-state index contributed by atoms with van der Waals surface area (Å²) in [5.41, 5.74) is 1.48. The van der Waals surface area contributed by atoms with Gasteiger partial charge >= 0.3 is 0 Å². The van der Waals surface area contributed by atoms with Crippen LogP contribution in [0.2, 0.25) is 0 Å². The highest BCUT2D eigenvalue weighted by atomic mass is 19.2. The molecule has 0 N–H and O–H groups in total. The van der Waals surface area contributed by atoms with Crippen LogP contribution in [0.25, 0.3) is 0 Å². The normalized spacial score (nSPS) is 19.5. The van der Waals surface area contributed by atoms with Gasteiger partial charge in [0.2, 0.25) is 6.86 Å². The molecule has 26 heavy (non-hydrogen) atoms. The highest BCUT2D eigenvalue weighted by Gasteiger charge is 2.19. The van der Waals surface area contributed by atoms with Crippen LogP contribution in [0.1, 0.15) is 49.7 Å². The van der Waals surface area contributed by atoms with E-state index in [1.807, 2.05) is 12.1 Å². The van der Waals surface area contributed by atoms with Gasteiger partial charge in [0.05, 0.1) is 0 Å². The van der Waals surface area contributed by atoms with Crippen molar-refractivity contribution in [1.29, 1.82) is 0 Å². The molecule has 0 spiro atoms. The topological polar surface area (TPSA) is 9.23 Å². The Labute approximate surface area is 152 Å². The predicted molar refractivity (Wildman–Crippen MR) is 94.5 cm³/mol. The third-order valence-corrected chi connectivity index (χ3v) is 4.82. The number of aryl methyl sites for hydroxylation is 1. The highest BCUT2D eigenvalue weighted by Crippen LogP contribution is 2.35.